The van der Waals surface area contributed by atoms with Gasteiger partial charge in [-0.15, -0.1) is 5.10 Å². The van der Waals surface area contributed by atoms with Crippen LogP contribution in [0.15, 0.2) is 141 Å². The van der Waals surface area contributed by atoms with Crippen LogP contribution in [0.1, 0.15) is 16.9 Å². The summed E-state index contributed by atoms with van der Waals surface area (Å²) < 4.78 is 24.5. The highest BCUT2D eigenvalue weighted by molar-refractivity contribution is 8.18. The maximum atomic E-state index is 13.6. The van der Waals surface area contributed by atoms with Crippen molar-refractivity contribution < 1.29 is 23.1 Å². The summed E-state index contributed by atoms with van der Waals surface area (Å²) in [4.78, 5) is 27.9. The van der Waals surface area contributed by atoms with Crippen LogP contribution in [0.3, 0.4) is 0 Å². The maximum absolute atomic E-state index is 13.6. The lowest BCUT2D eigenvalue weighted by molar-refractivity contribution is -0.122. The number of hydrogen-bond acceptors (Lipinski definition) is 7. The molecule has 1 aromatic heterocycles. The number of rotatable bonds is 10. The molecule has 1 aliphatic rings. The van der Waals surface area contributed by atoms with Gasteiger partial charge < -0.3 is 14.5 Å². The van der Waals surface area contributed by atoms with Crippen molar-refractivity contribution in [3.8, 4) is 16.9 Å². The standard InChI is InChI=1S/C36H27FN4O4S/c37-29-16-18-30(19-17-29)39-34(42)24-45-32-11-5-4-9-28(32)21-33-35(43)41(23-31-10-6-20-44-31)36(46-33)40-38-22-25-12-14-27(15-13-25)26-7-2-1-3-8-26/h1-22H,23-24H2,(H,39,42)/b33-21-,38-22-,40-36+. The molecule has 228 valence electrons. The minimum Gasteiger partial charge on any atom is -0.483 e. The normalized spacial score (nSPS) is 14.8. The Morgan fingerprint density at radius 1 is 0.891 bits per heavy atom. The van der Waals surface area contributed by atoms with Gasteiger partial charge in [-0.1, -0.05) is 72.8 Å². The first-order chi connectivity index (χ1) is 22.5. The maximum Gasteiger partial charge on any atom is 0.267 e. The van der Waals surface area contributed by atoms with Crippen molar-refractivity contribution in [1.29, 1.82) is 0 Å². The van der Waals surface area contributed by atoms with Crippen molar-refractivity contribution >= 4 is 46.7 Å². The summed E-state index contributed by atoms with van der Waals surface area (Å²) in [6.45, 7) is -0.102. The number of furan rings is 1. The first kappa shape index (κ1) is 30.3. The fourth-order valence-corrected chi connectivity index (χ4v) is 5.49. The molecule has 0 saturated carbocycles. The highest BCUT2D eigenvalue weighted by Crippen LogP contribution is 2.35. The zero-order valence-corrected chi connectivity index (χ0v) is 25.2. The van der Waals surface area contributed by atoms with E-state index in [1.807, 2.05) is 48.5 Å². The Bertz CT molecular complexity index is 1910. The molecule has 1 N–H and O–H groups in total. The summed E-state index contributed by atoms with van der Waals surface area (Å²) in [5, 5.41) is 11.7. The fourth-order valence-electron chi connectivity index (χ4n) is 4.56. The zero-order chi connectivity index (χ0) is 31.7. The molecule has 0 bridgehead atoms. The van der Waals surface area contributed by atoms with E-state index in [1.54, 1.807) is 48.9 Å². The molecule has 46 heavy (non-hydrogen) atoms. The number of nitrogens with one attached hydrogen (secondary N) is 1. The minimum atomic E-state index is -0.410. The van der Waals surface area contributed by atoms with Crippen LogP contribution in [0, 0.1) is 5.82 Å². The van der Waals surface area contributed by atoms with Crippen LogP contribution in [0.25, 0.3) is 17.2 Å². The number of thioether (sulfide) groups is 1. The lowest BCUT2D eigenvalue weighted by Gasteiger charge is -2.12. The molecule has 10 heteroatoms. The van der Waals surface area contributed by atoms with Crippen molar-refractivity contribution in [2.75, 3.05) is 11.9 Å². The summed E-state index contributed by atoms with van der Waals surface area (Å²) >= 11 is 1.18. The van der Waals surface area contributed by atoms with Gasteiger partial charge >= 0.3 is 0 Å². The predicted molar refractivity (Wildman–Crippen MR) is 179 cm³/mol. The molecule has 0 atom stereocenters. The summed E-state index contributed by atoms with van der Waals surface area (Å²) in [5.74, 6) is -0.0672. The molecular weight excluding hydrogens is 603 g/mol. The van der Waals surface area contributed by atoms with Crippen LogP contribution in [-0.4, -0.2) is 34.7 Å². The Labute approximate surface area is 268 Å². The Hall–Kier alpha value is -5.74. The average Bonchev–Trinajstić information content (AvgIpc) is 3.70. The van der Waals surface area contributed by atoms with Gasteiger partial charge in [-0.05, 0) is 77.0 Å². The van der Waals surface area contributed by atoms with Gasteiger partial charge in [0.1, 0.15) is 17.3 Å². The van der Waals surface area contributed by atoms with Crippen molar-refractivity contribution in [3.63, 3.8) is 0 Å². The van der Waals surface area contributed by atoms with Crippen molar-refractivity contribution in [1.82, 2.24) is 4.90 Å². The molecule has 0 unspecified atom stereocenters. The number of ether oxygens (including phenoxy) is 1. The highest BCUT2D eigenvalue weighted by Gasteiger charge is 2.34. The minimum absolute atomic E-state index is 0.179. The van der Waals surface area contributed by atoms with Gasteiger partial charge in [-0.3, -0.25) is 14.5 Å². The molecular formula is C36H27FN4O4S. The van der Waals surface area contributed by atoms with Gasteiger partial charge in [0.25, 0.3) is 11.8 Å². The summed E-state index contributed by atoms with van der Waals surface area (Å²) in [6, 6.07) is 34.1. The summed E-state index contributed by atoms with van der Waals surface area (Å²) in [7, 11) is 0. The molecule has 0 aliphatic carbocycles. The number of carbonyl (C=O) groups excluding carboxylic acids is 2. The van der Waals surface area contributed by atoms with E-state index in [2.05, 4.69) is 27.7 Å². The molecule has 1 saturated heterocycles. The Morgan fingerprint density at radius 3 is 2.39 bits per heavy atom. The third kappa shape index (κ3) is 7.66. The molecule has 5 aromatic rings. The van der Waals surface area contributed by atoms with Crippen LogP contribution in [-0.2, 0) is 16.1 Å². The second-order valence-corrected chi connectivity index (χ2v) is 11.1. The topological polar surface area (TPSA) is 96.5 Å². The lowest BCUT2D eigenvalue weighted by Crippen LogP contribution is -2.28. The Morgan fingerprint density at radius 2 is 1.63 bits per heavy atom. The van der Waals surface area contributed by atoms with Crippen LogP contribution < -0.4 is 10.1 Å². The lowest BCUT2D eigenvalue weighted by atomic mass is 10.0. The van der Waals surface area contributed by atoms with E-state index >= 15 is 0 Å². The van der Waals surface area contributed by atoms with E-state index in [0.717, 1.165) is 16.7 Å². The summed E-state index contributed by atoms with van der Waals surface area (Å²) in [6.07, 6.45) is 4.89. The molecule has 6 rings (SSSR count). The zero-order valence-electron chi connectivity index (χ0n) is 24.4. The largest absolute Gasteiger partial charge is 0.483 e. The third-order valence-electron chi connectivity index (χ3n) is 6.84. The monoisotopic (exact) mass is 630 g/mol. The average molecular weight is 631 g/mol. The Balaban J connectivity index is 1.18. The first-order valence-electron chi connectivity index (χ1n) is 14.3. The van der Waals surface area contributed by atoms with Crippen LogP contribution in [0.4, 0.5) is 10.1 Å². The quantitative estimate of drug-likeness (QED) is 0.0974. The van der Waals surface area contributed by atoms with Crippen LogP contribution >= 0.6 is 11.8 Å². The van der Waals surface area contributed by atoms with Crippen molar-refractivity contribution in [2.45, 2.75) is 6.54 Å². The second kappa shape index (κ2) is 14.4. The van der Waals surface area contributed by atoms with E-state index in [9.17, 15) is 14.0 Å². The molecule has 8 nitrogen and oxygen atoms in total. The predicted octanol–water partition coefficient (Wildman–Crippen LogP) is 7.61. The Kier molecular flexibility index (Phi) is 9.46. The van der Waals surface area contributed by atoms with Gasteiger partial charge in [0.15, 0.2) is 11.8 Å². The number of benzene rings is 4. The third-order valence-corrected chi connectivity index (χ3v) is 7.84. The van der Waals surface area contributed by atoms with E-state index in [4.69, 9.17) is 9.15 Å². The molecule has 2 amide bonds. The number of hydrogen-bond donors (Lipinski definition) is 1. The highest BCUT2D eigenvalue weighted by atomic mass is 32.2. The van der Waals surface area contributed by atoms with Gasteiger partial charge in [-0.2, -0.15) is 5.10 Å². The second-order valence-electron chi connectivity index (χ2n) is 10.1. The smallest absolute Gasteiger partial charge is 0.267 e. The number of amidine groups is 1. The first-order valence-corrected chi connectivity index (χ1v) is 15.1. The number of carbonyl (C=O) groups is 2. The summed E-state index contributed by atoms with van der Waals surface area (Å²) in [5.41, 5.74) is 4.14. The molecule has 4 aromatic carbocycles. The van der Waals surface area contributed by atoms with E-state index in [1.165, 1.54) is 40.9 Å². The van der Waals surface area contributed by atoms with Gasteiger partial charge in [0.05, 0.1) is 23.9 Å². The number of amides is 2. The van der Waals surface area contributed by atoms with Crippen molar-refractivity contribution in [2.24, 2.45) is 10.2 Å². The molecule has 1 aliphatic heterocycles. The van der Waals surface area contributed by atoms with Gasteiger partial charge in [0.2, 0.25) is 0 Å². The molecule has 0 spiro atoms. The number of anilines is 1. The van der Waals surface area contributed by atoms with E-state index < -0.39 is 11.7 Å². The van der Waals surface area contributed by atoms with Gasteiger partial charge in [0, 0.05) is 11.3 Å². The SMILES string of the molecule is O=C(COc1ccccc1/C=C1\S/C(=N/N=C\c2ccc(-c3ccccc3)cc2)N(Cc2ccco2)C1=O)Nc1ccc(F)cc1. The van der Waals surface area contributed by atoms with E-state index in [0.29, 0.717) is 32.8 Å². The van der Waals surface area contributed by atoms with Crippen LogP contribution in [0.2, 0.25) is 0 Å². The van der Waals surface area contributed by atoms with E-state index in [-0.39, 0.29) is 19.1 Å². The fraction of sp³-hybridized carbons (Fsp3) is 0.0556. The van der Waals surface area contributed by atoms with Crippen molar-refractivity contribution in [3.05, 3.63) is 149 Å². The van der Waals surface area contributed by atoms with Crippen LogP contribution in [0.5, 0.6) is 5.75 Å². The van der Waals surface area contributed by atoms with Gasteiger partial charge in [-0.25, -0.2) is 4.39 Å². The number of para-hydroxylation sites is 1. The number of halogens is 1. The molecule has 1 fully saturated rings. The molecule has 0 radical (unpaired) electrons. The number of nitrogens with zero attached hydrogens (tertiary/aromatic N) is 3. The molecule has 2 heterocycles.